The van der Waals surface area contributed by atoms with E-state index in [0.29, 0.717) is 0 Å². The Balaban J connectivity index is 3.26. The fraction of sp³-hybridized carbons (Fsp3) is 0.667. The topological polar surface area (TPSA) is 94.5 Å². The summed E-state index contributed by atoms with van der Waals surface area (Å²) in [4.78, 5) is 37.1. The fourth-order valence-electron chi connectivity index (χ4n) is 1.20. The van der Waals surface area contributed by atoms with Crippen LogP contribution in [0.1, 0.15) is 0 Å². The van der Waals surface area contributed by atoms with E-state index in [1.165, 1.54) is 40.6 Å². The Kier molecular flexibility index (Phi) is 6.27. The van der Waals surface area contributed by atoms with Gasteiger partial charge in [0.2, 0.25) is 0 Å². The first-order valence-electron chi connectivity index (χ1n) is 5.41. The molecule has 0 bridgehead atoms. The number of anilines is 3. The summed E-state index contributed by atoms with van der Waals surface area (Å²) in [5, 5.41) is 3.30. The third-order valence-corrected chi connectivity index (χ3v) is 2.15. The monoisotopic (exact) mass is 290 g/mol. The molecule has 114 valence electrons. The highest BCUT2D eigenvalue weighted by Gasteiger charge is 2.19. The SMILES string of the molecule is CON(C)c1nc(N(OC)OC)nc(N(OC)OC)n1. The van der Waals surface area contributed by atoms with Gasteiger partial charge in [0, 0.05) is 7.05 Å². The van der Waals surface area contributed by atoms with E-state index in [-0.39, 0.29) is 17.8 Å². The molecule has 1 aromatic rings. The average molecular weight is 290 g/mol. The van der Waals surface area contributed by atoms with Gasteiger partial charge in [0.15, 0.2) is 0 Å². The third-order valence-electron chi connectivity index (χ3n) is 2.15. The molecule has 1 rings (SSSR count). The lowest BCUT2D eigenvalue weighted by atomic mass is 10.8. The molecule has 0 N–H and O–H groups in total. The van der Waals surface area contributed by atoms with E-state index < -0.39 is 0 Å². The second-order valence-electron chi connectivity index (χ2n) is 3.16. The molecule has 0 amide bonds. The Labute approximate surface area is 116 Å². The van der Waals surface area contributed by atoms with Gasteiger partial charge in [0.1, 0.15) is 0 Å². The number of aromatic nitrogens is 3. The number of hydrogen-bond donors (Lipinski definition) is 0. The van der Waals surface area contributed by atoms with Gasteiger partial charge in [-0.2, -0.15) is 15.0 Å². The maximum atomic E-state index is 5.02. The third kappa shape index (κ3) is 3.61. The van der Waals surface area contributed by atoms with E-state index >= 15 is 0 Å². The van der Waals surface area contributed by atoms with Crippen molar-refractivity contribution in [1.82, 2.24) is 15.0 Å². The summed E-state index contributed by atoms with van der Waals surface area (Å²) in [5.41, 5.74) is 0. The van der Waals surface area contributed by atoms with Gasteiger partial charge in [-0.3, -0.25) is 4.84 Å². The number of hydroxylamine groups is 1. The molecule has 20 heavy (non-hydrogen) atoms. The molecule has 0 fully saturated rings. The van der Waals surface area contributed by atoms with Crippen LogP contribution in [0.4, 0.5) is 17.8 Å². The average Bonchev–Trinajstić information content (AvgIpc) is 2.49. The zero-order valence-electron chi connectivity index (χ0n) is 12.2. The first-order chi connectivity index (χ1) is 9.60. The Bertz CT molecular complexity index is 384. The summed E-state index contributed by atoms with van der Waals surface area (Å²) in [7, 11) is 8.69. The Morgan fingerprint density at radius 1 is 0.600 bits per heavy atom. The molecule has 0 unspecified atom stereocenters. The summed E-state index contributed by atoms with van der Waals surface area (Å²) in [5.74, 6) is 0.363. The largest absolute Gasteiger partial charge is 0.284 e. The second kappa shape index (κ2) is 7.72. The van der Waals surface area contributed by atoms with Gasteiger partial charge in [-0.1, -0.05) is 10.5 Å². The second-order valence-corrected chi connectivity index (χ2v) is 3.16. The van der Waals surface area contributed by atoms with Crippen LogP contribution in [0, 0.1) is 0 Å². The van der Waals surface area contributed by atoms with E-state index in [1.807, 2.05) is 0 Å². The summed E-state index contributed by atoms with van der Waals surface area (Å²) < 4.78 is 0. The molecule has 11 heteroatoms. The summed E-state index contributed by atoms with van der Waals surface area (Å²) in [6.45, 7) is 0. The molecule has 0 aliphatic heterocycles. The molecular weight excluding hydrogens is 272 g/mol. The van der Waals surface area contributed by atoms with Gasteiger partial charge < -0.3 is 0 Å². The van der Waals surface area contributed by atoms with Crippen molar-refractivity contribution < 1.29 is 24.2 Å². The van der Waals surface area contributed by atoms with Crippen LogP contribution >= 0.6 is 0 Å². The van der Waals surface area contributed by atoms with E-state index in [0.717, 1.165) is 10.5 Å². The molecule has 0 aromatic carbocycles. The molecule has 0 atom stereocenters. The summed E-state index contributed by atoms with van der Waals surface area (Å²) >= 11 is 0. The minimum absolute atomic E-state index is 0.0815. The smallest absolute Gasteiger partial charge is 0.274 e. The van der Waals surface area contributed by atoms with Crippen molar-refractivity contribution >= 4 is 17.8 Å². The van der Waals surface area contributed by atoms with Gasteiger partial charge in [0.25, 0.3) is 17.8 Å². The minimum atomic E-state index is 0.0815. The highest BCUT2D eigenvalue weighted by atomic mass is 16.9. The van der Waals surface area contributed by atoms with E-state index in [9.17, 15) is 0 Å². The molecule has 1 aromatic heterocycles. The van der Waals surface area contributed by atoms with Crippen LogP contribution in [0.2, 0.25) is 0 Å². The quantitative estimate of drug-likeness (QED) is 0.592. The zero-order valence-corrected chi connectivity index (χ0v) is 12.2. The standard InChI is InChI=1S/C9H18N6O5/c1-13(16-2)7-10-8(14(17-3)18-4)12-9(11-7)15(19-5)20-6/h1-6H3. The summed E-state index contributed by atoms with van der Waals surface area (Å²) in [6.07, 6.45) is 0. The first-order valence-corrected chi connectivity index (χ1v) is 5.41. The van der Waals surface area contributed by atoms with Crippen molar-refractivity contribution in [2.45, 2.75) is 0 Å². The van der Waals surface area contributed by atoms with E-state index in [4.69, 9.17) is 24.2 Å². The Morgan fingerprint density at radius 3 is 1.25 bits per heavy atom. The molecule has 1 heterocycles. The predicted molar refractivity (Wildman–Crippen MR) is 68.2 cm³/mol. The Morgan fingerprint density at radius 2 is 0.950 bits per heavy atom. The maximum Gasteiger partial charge on any atom is 0.284 e. The van der Waals surface area contributed by atoms with Gasteiger partial charge in [-0.15, -0.1) is 0 Å². The van der Waals surface area contributed by atoms with Gasteiger partial charge in [0.05, 0.1) is 35.5 Å². The van der Waals surface area contributed by atoms with Gasteiger partial charge >= 0.3 is 0 Å². The minimum Gasteiger partial charge on any atom is -0.274 e. The zero-order chi connectivity index (χ0) is 15.1. The van der Waals surface area contributed by atoms with Crippen molar-refractivity contribution in [2.75, 3.05) is 58.1 Å². The normalized spacial score (nSPS) is 10.5. The highest BCUT2D eigenvalue weighted by Crippen LogP contribution is 2.18. The highest BCUT2D eigenvalue weighted by molar-refractivity contribution is 5.40. The van der Waals surface area contributed by atoms with Crippen molar-refractivity contribution in [3.63, 3.8) is 0 Å². The van der Waals surface area contributed by atoms with E-state index in [2.05, 4.69) is 15.0 Å². The van der Waals surface area contributed by atoms with Crippen LogP contribution in [0.5, 0.6) is 0 Å². The maximum absolute atomic E-state index is 5.02. The molecular formula is C9H18N6O5. The lowest BCUT2D eigenvalue weighted by Crippen LogP contribution is -2.29. The van der Waals surface area contributed by atoms with Crippen LogP contribution in [-0.4, -0.2) is 57.5 Å². The van der Waals surface area contributed by atoms with Crippen LogP contribution in [0.15, 0.2) is 0 Å². The number of hydrogen-bond acceptors (Lipinski definition) is 11. The van der Waals surface area contributed by atoms with Crippen LogP contribution in [0.3, 0.4) is 0 Å². The molecule has 0 aliphatic rings. The van der Waals surface area contributed by atoms with Crippen LogP contribution in [0.25, 0.3) is 0 Å². The first kappa shape index (κ1) is 16.3. The molecule has 11 nitrogen and oxygen atoms in total. The van der Waals surface area contributed by atoms with Crippen LogP contribution < -0.4 is 15.5 Å². The lowest BCUT2D eigenvalue weighted by molar-refractivity contribution is -0.0525. The number of rotatable bonds is 8. The van der Waals surface area contributed by atoms with Gasteiger partial charge in [-0.25, -0.2) is 24.4 Å². The lowest BCUT2D eigenvalue weighted by Gasteiger charge is -2.22. The van der Waals surface area contributed by atoms with Crippen molar-refractivity contribution in [3.8, 4) is 0 Å². The van der Waals surface area contributed by atoms with Crippen molar-refractivity contribution in [2.24, 2.45) is 0 Å². The predicted octanol–water partition coefficient (Wildman–Crippen LogP) is -0.272. The van der Waals surface area contributed by atoms with E-state index in [1.54, 1.807) is 7.05 Å². The van der Waals surface area contributed by atoms with Crippen molar-refractivity contribution in [1.29, 1.82) is 0 Å². The summed E-state index contributed by atoms with van der Waals surface area (Å²) in [6, 6.07) is 0. The number of nitrogens with zero attached hydrogens (tertiary/aromatic N) is 6. The molecule has 0 saturated heterocycles. The van der Waals surface area contributed by atoms with Gasteiger partial charge in [-0.05, 0) is 0 Å². The van der Waals surface area contributed by atoms with Crippen molar-refractivity contribution in [3.05, 3.63) is 0 Å². The van der Waals surface area contributed by atoms with Crippen LogP contribution in [-0.2, 0) is 24.2 Å². The molecule has 0 spiro atoms. The molecule has 0 saturated carbocycles. The molecule has 0 radical (unpaired) electrons. The fourth-order valence-corrected chi connectivity index (χ4v) is 1.20. The molecule has 0 aliphatic carbocycles. The Hall–Kier alpha value is -1.79.